The third kappa shape index (κ3) is 6.13. The molecule has 0 bridgehead atoms. The highest BCUT2D eigenvalue weighted by Gasteiger charge is 2.45. The van der Waals surface area contributed by atoms with Crippen molar-refractivity contribution in [1.29, 1.82) is 0 Å². The van der Waals surface area contributed by atoms with Gasteiger partial charge in [-0.2, -0.15) is 0 Å². The molecule has 0 saturated carbocycles. The molecule has 0 radical (unpaired) electrons. The molecule has 214 valence electrons. The summed E-state index contributed by atoms with van der Waals surface area (Å²) < 4.78 is 7.28. The zero-order chi connectivity index (χ0) is 28.9. The lowest BCUT2D eigenvalue weighted by atomic mass is 9.71. The summed E-state index contributed by atoms with van der Waals surface area (Å²) in [6, 6.07) is 8.57. The molecule has 0 fully saturated rings. The highest BCUT2D eigenvalue weighted by molar-refractivity contribution is 6.74. The van der Waals surface area contributed by atoms with Crippen molar-refractivity contribution in [3.63, 3.8) is 0 Å². The van der Waals surface area contributed by atoms with Crippen LogP contribution in [0.25, 0.3) is 5.57 Å². The van der Waals surface area contributed by atoms with Crippen LogP contribution < -0.4 is 0 Å². The third-order valence-corrected chi connectivity index (χ3v) is 13.9. The molecule has 2 aliphatic carbocycles. The van der Waals surface area contributed by atoms with Gasteiger partial charge in [0, 0.05) is 22.5 Å². The fourth-order valence-electron chi connectivity index (χ4n) is 6.12. The first-order valence-corrected chi connectivity index (χ1v) is 18.1. The molecule has 2 aliphatic rings. The molecule has 0 amide bonds. The van der Waals surface area contributed by atoms with E-state index in [0.717, 1.165) is 42.5 Å². The Hall–Kier alpha value is -1.75. The van der Waals surface area contributed by atoms with Crippen molar-refractivity contribution in [1.82, 2.24) is 4.98 Å². The van der Waals surface area contributed by atoms with Crippen LogP contribution >= 0.6 is 0 Å². The van der Waals surface area contributed by atoms with Gasteiger partial charge in [-0.05, 0) is 89.8 Å². The zero-order valence-corrected chi connectivity index (χ0v) is 27.5. The van der Waals surface area contributed by atoms with Crippen molar-refractivity contribution in [2.45, 2.75) is 137 Å². The summed E-state index contributed by atoms with van der Waals surface area (Å²) in [6.45, 7) is 25.3. The van der Waals surface area contributed by atoms with E-state index >= 15 is 0 Å². The minimum Gasteiger partial charge on any atom is -0.410 e. The maximum absolute atomic E-state index is 12.1. The number of pyridine rings is 1. The Kier molecular flexibility index (Phi) is 8.45. The number of benzene rings is 1. The van der Waals surface area contributed by atoms with Crippen LogP contribution in [-0.2, 0) is 10.8 Å². The molecule has 1 heterocycles. The number of aliphatic hydroxyl groups is 1. The number of allylic oxidation sites excluding steroid dienone is 2. The number of fused-ring (bicyclic) bond motifs is 1. The first-order chi connectivity index (χ1) is 18.0. The highest BCUT2D eigenvalue weighted by atomic mass is 28.4. The summed E-state index contributed by atoms with van der Waals surface area (Å²) in [7, 11) is -2.06. The van der Waals surface area contributed by atoms with Gasteiger partial charge in [-0.1, -0.05) is 92.7 Å². The molecular formula is C35H53NO2Si. The van der Waals surface area contributed by atoms with Crippen LogP contribution in [0.15, 0.2) is 30.3 Å². The maximum Gasteiger partial charge on any atom is 0.192 e. The molecule has 3 nitrogen and oxygen atoms in total. The van der Waals surface area contributed by atoms with E-state index in [9.17, 15) is 5.11 Å². The van der Waals surface area contributed by atoms with E-state index in [1.54, 1.807) is 0 Å². The second-order valence-corrected chi connectivity index (χ2v) is 19.8. The number of nitrogens with zero attached hydrogens (tertiary/aromatic N) is 1. The topological polar surface area (TPSA) is 42.4 Å². The number of aliphatic hydroxyl groups excluding tert-OH is 1. The third-order valence-electron chi connectivity index (χ3n) is 9.43. The summed E-state index contributed by atoms with van der Waals surface area (Å²) in [5, 5.41) is 12.3. The summed E-state index contributed by atoms with van der Waals surface area (Å²) in [6.07, 6.45) is 6.93. The molecule has 1 N–H and O–H groups in total. The second-order valence-electron chi connectivity index (χ2n) is 15.1. The van der Waals surface area contributed by atoms with E-state index in [2.05, 4.69) is 106 Å². The molecule has 2 aromatic rings. The summed E-state index contributed by atoms with van der Waals surface area (Å²) in [5.74, 6) is 0.670. The molecule has 39 heavy (non-hydrogen) atoms. The molecule has 0 saturated heterocycles. The Balaban J connectivity index is 1.99. The quantitative estimate of drug-likeness (QED) is 0.351. The predicted octanol–water partition coefficient (Wildman–Crippen LogP) is 10.0. The van der Waals surface area contributed by atoms with Gasteiger partial charge in [-0.3, -0.25) is 4.98 Å². The fourth-order valence-corrected chi connectivity index (χ4v) is 7.38. The molecule has 2 atom stereocenters. The first-order valence-electron chi connectivity index (χ1n) is 15.2. The number of aromatic nitrogens is 1. The monoisotopic (exact) mass is 547 g/mol. The Bertz CT molecular complexity index is 1210. The van der Waals surface area contributed by atoms with Gasteiger partial charge in [0.2, 0.25) is 0 Å². The van der Waals surface area contributed by atoms with Crippen molar-refractivity contribution in [2.75, 3.05) is 0 Å². The van der Waals surface area contributed by atoms with Crippen molar-refractivity contribution >= 4 is 13.9 Å². The Morgan fingerprint density at radius 3 is 2.13 bits per heavy atom. The SMILES string of the molecule is CC(C)c1ccc(C(O)c2c(C(C)C)nc3c(c2C2=CCCC2)[C@@H](O[Si](C)(C)C(C)(C)C)CC(C)(C)C3)cc1. The van der Waals surface area contributed by atoms with Gasteiger partial charge in [0.05, 0.1) is 6.10 Å². The molecule has 1 aromatic heterocycles. The Labute approximate surface area is 239 Å². The van der Waals surface area contributed by atoms with Gasteiger partial charge in [0.25, 0.3) is 0 Å². The predicted molar refractivity (Wildman–Crippen MR) is 168 cm³/mol. The average molecular weight is 548 g/mol. The number of hydrogen-bond donors (Lipinski definition) is 1. The van der Waals surface area contributed by atoms with E-state index in [4.69, 9.17) is 9.41 Å². The van der Waals surface area contributed by atoms with E-state index in [1.165, 1.54) is 34.4 Å². The van der Waals surface area contributed by atoms with Crippen molar-refractivity contribution < 1.29 is 9.53 Å². The first kappa shape index (κ1) is 30.2. The number of hydrogen-bond acceptors (Lipinski definition) is 3. The standard InChI is InChI=1S/C35H53NO2Si/c1-22(2)24-16-18-26(19-17-24)33(37)31-29(25-14-12-13-15-25)30-27(36-32(31)23(3)4)20-35(8,9)21-28(30)38-39(10,11)34(5,6)7/h14,16-19,22-23,28,33,37H,12-13,15,20-21H2,1-11H3/t28-,33?/m0/s1. The van der Waals surface area contributed by atoms with Gasteiger partial charge < -0.3 is 9.53 Å². The van der Waals surface area contributed by atoms with Gasteiger partial charge in [-0.25, -0.2) is 0 Å². The normalized spacial score (nSPS) is 20.4. The lowest BCUT2D eigenvalue weighted by molar-refractivity contribution is 0.105. The minimum atomic E-state index is -2.06. The minimum absolute atomic E-state index is 0.0101. The second kappa shape index (κ2) is 10.9. The van der Waals surface area contributed by atoms with Crippen LogP contribution in [0.1, 0.15) is 151 Å². The molecular weight excluding hydrogens is 494 g/mol. The Morgan fingerprint density at radius 1 is 1.00 bits per heavy atom. The van der Waals surface area contributed by atoms with E-state index in [0.29, 0.717) is 5.92 Å². The van der Waals surface area contributed by atoms with E-state index in [-0.39, 0.29) is 22.5 Å². The molecule has 4 rings (SSSR count). The van der Waals surface area contributed by atoms with E-state index < -0.39 is 14.4 Å². The number of rotatable bonds is 7. The van der Waals surface area contributed by atoms with Gasteiger partial charge >= 0.3 is 0 Å². The zero-order valence-electron chi connectivity index (χ0n) is 26.5. The Morgan fingerprint density at radius 2 is 1.62 bits per heavy atom. The molecule has 1 aromatic carbocycles. The lowest BCUT2D eigenvalue weighted by Gasteiger charge is -2.45. The van der Waals surface area contributed by atoms with Crippen molar-refractivity contribution in [2.24, 2.45) is 5.41 Å². The van der Waals surface area contributed by atoms with Crippen LogP contribution in [0.4, 0.5) is 0 Å². The molecule has 4 heteroatoms. The van der Waals surface area contributed by atoms with Crippen LogP contribution in [0, 0.1) is 5.41 Å². The molecule has 0 spiro atoms. The maximum atomic E-state index is 12.1. The summed E-state index contributed by atoms with van der Waals surface area (Å²) >= 11 is 0. The fraction of sp³-hybridized carbons (Fsp3) is 0.629. The van der Waals surface area contributed by atoms with Crippen LogP contribution in [-0.4, -0.2) is 18.4 Å². The smallest absolute Gasteiger partial charge is 0.192 e. The van der Waals surface area contributed by atoms with Crippen LogP contribution in [0.2, 0.25) is 18.1 Å². The molecule has 1 unspecified atom stereocenters. The van der Waals surface area contributed by atoms with Gasteiger partial charge in [-0.15, -0.1) is 0 Å². The average Bonchev–Trinajstić information content (AvgIpc) is 3.35. The van der Waals surface area contributed by atoms with Crippen LogP contribution in [0.5, 0.6) is 0 Å². The van der Waals surface area contributed by atoms with Crippen molar-refractivity contribution in [3.8, 4) is 0 Å². The largest absolute Gasteiger partial charge is 0.410 e. The van der Waals surface area contributed by atoms with Crippen LogP contribution in [0.3, 0.4) is 0 Å². The van der Waals surface area contributed by atoms with Gasteiger partial charge in [0.15, 0.2) is 8.32 Å². The van der Waals surface area contributed by atoms with Gasteiger partial charge in [0.1, 0.15) is 6.10 Å². The summed E-state index contributed by atoms with van der Waals surface area (Å²) in [4.78, 5) is 5.42. The highest BCUT2D eigenvalue weighted by Crippen LogP contribution is 2.52. The van der Waals surface area contributed by atoms with Crippen molar-refractivity contribution in [3.05, 3.63) is 69.5 Å². The van der Waals surface area contributed by atoms with E-state index in [1.807, 2.05) is 0 Å². The summed E-state index contributed by atoms with van der Waals surface area (Å²) in [5.41, 5.74) is 9.49. The molecule has 0 aliphatic heterocycles. The lowest BCUT2D eigenvalue weighted by Crippen LogP contribution is -2.44.